The van der Waals surface area contributed by atoms with E-state index < -0.39 is 0 Å². The second-order valence-electron chi connectivity index (χ2n) is 7.18. The van der Waals surface area contributed by atoms with Crippen molar-refractivity contribution in [3.63, 3.8) is 0 Å². The Morgan fingerprint density at radius 2 is 2.00 bits per heavy atom. The van der Waals surface area contributed by atoms with Gasteiger partial charge in [-0.25, -0.2) is 0 Å². The minimum atomic E-state index is -0.209. The van der Waals surface area contributed by atoms with E-state index in [-0.39, 0.29) is 18.4 Å². The van der Waals surface area contributed by atoms with Crippen molar-refractivity contribution in [3.05, 3.63) is 59.7 Å². The van der Waals surface area contributed by atoms with Crippen LogP contribution in [0.1, 0.15) is 43.7 Å². The van der Waals surface area contributed by atoms with Crippen molar-refractivity contribution in [3.8, 4) is 5.75 Å². The number of benzene rings is 2. The second-order valence-corrected chi connectivity index (χ2v) is 7.18. The number of carbonyl (C=O) groups excluding carboxylic acids is 2. The highest BCUT2D eigenvalue weighted by Crippen LogP contribution is 2.20. The van der Waals surface area contributed by atoms with Gasteiger partial charge in [0, 0.05) is 25.2 Å². The van der Waals surface area contributed by atoms with Crippen LogP contribution in [0.25, 0.3) is 0 Å². The van der Waals surface area contributed by atoms with E-state index in [1.807, 2.05) is 53.4 Å². The Bertz CT molecular complexity index is 817. The topological polar surface area (TPSA) is 58.6 Å². The molecular weight excluding hydrogens is 340 g/mol. The molecule has 5 nitrogen and oxygen atoms in total. The number of nitrogens with zero attached hydrogens (tertiary/aromatic N) is 1. The first-order chi connectivity index (χ1) is 13.0. The summed E-state index contributed by atoms with van der Waals surface area (Å²) in [6.07, 6.45) is 1.55. The lowest BCUT2D eigenvalue weighted by Gasteiger charge is -2.16. The summed E-state index contributed by atoms with van der Waals surface area (Å²) in [7, 11) is 0. The fourth-order valence-electron chi connectivity index (χ4n) is 3.15. The van der Waals surface area contributed by atoms with Gasteiger partial charge in [0.1, 0.15) is 5.75 Å². The molecule has 0 spiro atoms. The van der Waals surface area contributed by atoms with Crippen LogP contribution in [0.3, 0.4) is 0 Å². The molecule has 0 aromatic heterocycles. The number of anilines is 1. The van der Waals surface area contributed by atoms with Crippen molar-refractivity contribution in [1.29, 1.82) is 0 Å². The van der Waals surface area contributed by atoms with E-state index in [1.54, 1.807) is 0 Å². The largest absolute Gasteiger partial charge is 0.484 e. The maximum atomic E-state index is 12.2. The molecule has 0 radical (unpaired) electrons. The number of rotatable bonds is 7. The maximum Gasteiger partial charge on any atom is 0.262 e. The molecular formula is C22H26N2O3. The number of carbonyl (C=O) groups is 2. The molecule has 1 saturated heterocycles. The molecule has 1 fully saturated rings. The molecule has 0 aliphatic carbocycles. The lowest BCUT2D eigenvalue weighted by molar-refractivity contribution is -0.128. The quantitative estimate of drug-likeness (QED) is 0.807. The normalized spacial score (nSPS) is 13.9. The van der Waals surface area contributed by atoms with Crippen LogP contribution in [0, 0.1) is 0 Å². The van der Waals surface area contributed by atoms with Crippen LogP contribution < -0.4 is 10.1 Å². The van der Waals surface area contributed by atoms with Crippen molar-refractivity contribution >= 4 is 17.5 Å². The van der Waals surface area contributed by atoms with Crippen LogP contribution >= 0.6 is 0 Å². The summed E-state index contributed by atoms with van der Waals surface area (Å²) in [5, 5.41) is 2.86. The van der Waals surface area contributed by atoms with Crippen LogP contribution in [0.5, 0.6) is 5.75 Å². The van der Waals surface area contributed by atoms with Gasteiger partial charge in [0.15, 0.2) is 6.61 Å². The highest BCUT2D eigenvalue weighted by Gasteiger charge is 2.20. The predicted octanol–water partition coefficient (Wildman–Crippen LogP) is 3.95. The monoisotopic (exact) mass is 366 g/mol. The second kappa shape index (κ2) is 8.71. The molecule has 142 valence electrons. The van der Waals surface area contributed by atoms with E-state index in [0.29, 0.717) is 30.3 Å². The average Bonchev–Trinajstić information content (AvgIpc) is 3.05. The number of ether oxygens (including phenoxy) is 1. The SMILES string of the molecule is CC(C)c1cccc(OCC(=O)Nc2cccc(CN3CCCC3=O)c2)c1. The molecule has 1 N–H and O–H groups in total. The summed E-state index contributed by atoms with van der Waals surface area (Å²) in [5.74, 6) is 1.09. The minimum absolute atomic E-state index is 0.0453. The predicted molar refractivity (Wildman–Crippen MR) is 106 cm³/mol. The van der Waals surface area contributed by atoms with Gasteiger partial charge in [-0.3, -0.25) is 9.59 Å². The third kappa shape index (κ3) is 5.33. The summed E-state index contributed by atoms with van der Waals surface area (Å²) in [6, 6.07) is 15.4. The van der Waals surface area contributed by atoms with Gasteiger partial charge in [0.25, 0.3) is 5.91 Å². The zero-order valence-corrected chi connectivity index (χ0v) is 15.9. The van der Waals surface area contributed by atoms with Crippen molar-refractivity contribution < 1.29 is 14.3 Å². The van der Waals surface area contributed by atoms with Gasteiger partial charge >= 0.3 is 0 Å². The standard InChI is InChI=1S/C22H26N2O3/c1-16(2)18-7-4-9-20(13-18)27-15-21(25)23-19-8-3-6-17(12-19)14-24-11-5-10-22(24)26/h3-4,6-9,12-13,16H,5,10-11,14-15H2,1-2H3,(H,23,25). The van der Waals surface area contributed by atoms with Gasteiger partial charge in [-0.1, -0.05) is 38.1 Å². The first-order valence-corrected chi connectivity index (χ1v) is 9.40. The van der Waals surface area contributed by atoms with Crippen molar-refractivity contribution in [2.24, 2.45) is 0 Å². The molecule has 5 heteroatoms. The van der Waals surface area contributed by atoms with E-state index >= 15 is 0 Å². The Balaban J connectivity index is 1.54. The molecule has 3 rings (SSSR count). The molecule has 27 heavy (non-hydrogen) atoms. The average molecular weight is 366 g/mol. The van der Waals surface area contributed by atoms with Crippen LogP contribution in [0.4, 0.5) is 5.69 Å². The van der Waals surface area contributed by atoms with Crippen molar-refractivity contribution in [1.82, 2.24) is 4.90 Å². The number of hydrogen-bond acceptors (Lipinski definition) is 3. The Kier molecular flexibility index (Phi) is 6.12. The number of amides is 2. The first kappa shape index (κ1) is 19.0. The number of likely N-dealkylation sites (tertiary alicyclic amines) is 1. The minimum Gasteiger partial charge on any atom is -0.484 e. The Hall–Kier alpha value is -2.82. The van der Waals surface area contributed by atoms with Crippen LogP contribution in [0.15, 0.2) is 48.5 Å². The third-order valence-corrected chi connectivity index (χ3v) is 4.65. The Morgan fingerprint density at radius 3 is 2.74 bits per heavy atom. The van der Waals surface area contributed by atoms with Gasteiger partial charge in [-0.05, 0) is 47.7 Å². The number of hydrogen-bond donors (Lipinski definition) is 1. The highest BCUT2D eigenvalue weighted by atomic mass is 16.5. The third-order valence-electron chi connectivity index (χ3n) is 4.65. The lowest BCUT2D eigenvalue weighted by atomic mass is 10.0. The van der Waals surface area contributed by atoms with Gasteiger partial charge < -0.3 is 15.0 Å². The van der Waals surface area contributed by atoms with E-state index in [4.69, 9.17) is 4.74 Å². The van der Waals surface area contributed by atoms with Crippen LogP contribution in [0.2, 0.25) is 0 Å². The van der Waals surface area contributed by atoms with Crippen LogP contribution in [-0.4, -0.2) is 29.9 Å². The fourth-order valence-corrected chi connectivity index (χ4v) is 3.15. The molecule has 0 unspecified atom stereocenters. The molecule has 2 aromatic rings. The van der Waals surface area contributed by atoms with Gasteiger partial charge in [-0.15, -0.1) is 0 Å². The molecule has 0 bridgehead atoms. The van der Waals surface area contributed by atoms with E-state index in [2.05, 4.69) is 19.2 Å². The van der Waals surface area contributed by atoms with Gasteiger partial charge in [0.05, 0.1) is 0 Å². The number of nitrogens with one attached hydrogen (secondary N) is 1. The summed E-state index contributed by atoms with van der Waals surface area (Å²) < 4.78 is 5.62. The zero-order chi connectivity index (χ0) is 19.2. The van der Waals surface area contributed by atoms with Gasteiger partial charge in [0.2, 0.25) is 5.91 Å². The molecule has 0 atom stereocenters. The van der Waals surface area contributed by atoms with E-state index in [1.165, 1.54) is 5.56 Å². The Labute approximate surface area is 160 Å². The zero-order valence-electron chi connectivity index (χ0n) is 15.9. The molecule has 1 aliphatic rings. The van der Waals surface area contributed by atoms with E-state index in [9.17, 15) is 9.59 Å². The lowest BCUT2D eigenvalue weighted by Crippen LogP contribution is -2.24. The maximum absolute atomic E-state index is 12.2. The highest BCUT2D eigenvalue weighted by molar-refractivity contribution is 5.92. The first-order valence-electron chi connectivity index (χ1n) is 9.40. The Morgan fingerprint density at radius 1 is 1.19 bits per heavy atom. The summed E-state index contributed by atoms with van der Waals surface area (Å²) in [5.41, 5.74) is 2.90. The molecule has 2 amide bonds. The summed E-state index contributed by atoms with van der Waals surface area (Å²) in [4.78, 5) is 25.8. The van der Waals surface area contributed by atoms with Gasteiger partial charge in [-0.2, -0.15) is 0 Å². The molecule has 0 saturated carbocycles. The van der Waals surface area contributed by atoms with Crippen molar-refractivity contribution in [2.75, 3.05) is 18.5 Å². The van der Waals surface area contributed by atoms with Crippen molar-refractivity contribution in [2.45, 2.75) is 39.2 Å². The van der Waals surface area contributed by atoms with Crippen LogP contribution in [-0.2, 0) is 16.1 Å². The molecule has 1 heterocycles. The summed E-state index contributed by atoms with van der Waals surface area (Å²) in [6.45, 7) is 5.58. The molecule has 1 aliphatic heterocycles. The molecule has 2 aromatic carbocycles. The smallest absolute Gasteiger partial charge is 0.262 e. The summed E-state index contributed by atoms with van der Waals surface area (Å²) >= 11 is 0. The van der Waals surface area contributed by atoms with E-state index in [0.717, 1.165) is 18.5 Å². The fraction of sp³-hybridized carbons (Fsp3) is 0.364.